The lowest BCUT2D eigenvalue weighted by Gasteiger charge is -2.34. The van der Waals surface area contributed by atoms with E-state index in [-0.39, 0.29) is 5.91 Å². The molecule has 1 aromatic rings. The number of rotatable bonds is 5. The summed E-state index contributed by atoms with van der Waals surface area (Å²) in [6, 6.07) is 4.87. The van der Waals surface area contributed by atoms with Crippen LogP contribution in [0.5, 0.6) is 0 Å². The Morgan fingerprint density at radius 1 is 1.24 bits per heavy atom. The Bertz CT molecular complexity index is 484. The Balaban J connectivity index is 2.19. The lowest BCUT2D eigenvalue weighted by molar-refractivity contribution is -0.120. The van der Waals surface area contributed by atoms with E-state index < -0.39 is 0 Å². The van der Waals surface area contributed by atoms with Gasteiger partial charge in [0.15, 0.2) is 0 Å². The number of hydrogen-bond acceptors (Lipinski definition) is 3. The van der Waals surface area contributed by atoms with Gasteiger partial charge in [-0.15, -0.1) is 0 Å². The molecule has 4 heteroatoms. The second-order valence-electron chi connectivity index (χ2n) is 6.23. The zero-order valence-corrected chi connectivity index (χ0v) is 13.4. The van der Waals surface area contributed by atoms with E-state index in [1.165, 1.54) is 22.3 Å². The summed E-state index contributed by atoms with van der Waals surface area (Å²) < 4.78 is 0. The molecule has 3 N–H and O–H groups in total. The monoisotopic (exact) mass is 289 g/mol. The molecule has 0 atom stereocenters. The van der Waals surface area contributed by atoms with Crippen molar-refractivity contribution in [1.82, 2.24) is 10.2 Å². The Morgan fingerprint density at radius 3 is 2.33 bits per heavy atom. The lowest BCUT2D eigenvalue weighted by Crippen LogP contribution is -2.46. The number of primary amides is 1. The molecule has 1 amide bonds. The van der Waals surface area contributed by atoms with Crippen molar-refractivity contribution < 1.29 is 4.79 Å². The van der Waals surface area contributed by atoms with Crippen LogP contribution in [0.2, 0.25) is 0 Å². The zero-order chi connectivity index (χ0) is 15.4. The third kappa shape index (κ3) is 4.29. The Kier molecular flexibility index (Phi) is 5.37. The second kappa shape index (κ2) is 7.05. The number of benzene rings is 1. The molecule has 1 saturated heterocycles. The van der Waals surface area contributed by atoms with Gasteiger partial charge in [-0.2, -0.15) is 0 Å². The van der Waals surface area contributed by atoms with Gasteiger partial charge in [-0.3, -0.25) is 9.69 Å². The van der Waals surface area contributed by atoms with Crippen LogP contribution in [0.1, 0.15) is 35.1 Å². The maximum atomic E-state index is 11.4. The molecule has 21 heavy (non-hydrogen) atoms. The maximum absolute atomic E-state index is 11.4. The molecule has 1 aliphatic heterocycles. The zero-order valence-electron chi connectivity index (χ0n) is 13.4. The molecular formula is C17H27N3O. The van der Waals surface area contributed by atoms with Crippen LogP contribution < -0.4 is 11.1 Å². The van der Waals surface area contributed by atoms with Gasteiger partial charge in [-0.05, 0) is 63.4 Å². The topological polar surface area (TPSA) is 58.4 Å². The number of carbonyl (C=O) groups is 1. The number of carbonyl (C=O) groups excluding carboxylic acids is 1. The highest BCUT2D eigenvalue weighted by molar-refractivity contribution is 5.76. The SMILES string of the molecule is Cc1cc(C)c(CN(CC(N)=O)C2CCNCC2)c(C)c1. The first-order chi connectivity index (χ1) is 9.97. The molecule has 4 nitrogen and oxygen atoms in total. The predicted octanol–water partition coefficient (Wildman–Crippen LogP) is 1.65. The van der Waals surface area contributed by atoms with Crippen molar-refractivity contribution in [3.05, 3.63) is 34.4 Å². The largest absolute Gasteiger partial charge is 0.369 e. The van der Waals surface area contributed by atoms with E-state index in [4.69, 9.17) is 5.73 Å². The first kappa shape index (κ1) is 16.0. The van der Waals surface area contributed by atoms with E-state index in [0.29, 0.717) is 12.6 Å². The van der Waals surface area contributed by atoms with Crippen LogP contribution in [0.15, 0.2) is 12.1 Å². The number of amides is 1. The second-order valence-corrected chi connectivity index (χ2v) is 6.23. The summed E-state index contributed by atoms with van der Waals surface area (Å²) in [6.07, 6.45) is 2.16. The molecule has 0 unspecified atom stereocenters. The quantitative estimate of drug-likeness (QED) is 0.866. The predicted molar refractivity (Wildman–Crippen MR) is 86.1 cm³/mol. The fourth-order valence-electron chi connectivity index (χ4n) is 3.35. The van der Waals surface area contributed by atoms with Crippen LogP contribution in [-0.4, -0.2) is 36.5 Å². The van der Waals surface area contributed by atoms with Gasteiger partial charge in [-0.25, -0.2) is 0 Å². The van der Waals surface area contributed by atoms with Crippen molar-refractivity contribution in [1.29, 1.82) is 0 Å². The molecular weight excluding hydrogens is 262 g/mol. The molecule has 116 valence electrons. The molecule has 1 fully saturated rings. The summed E-state index contributed by atoms with van der Waals surface area (Å²) in [5.41, 5.74) is 10.7. The van der Waals surface area contributed by atoms with Crippen LogP contribution in [0.3, 0.4) is 0 Å². The molecule has 0 spiro atoms. The van der Waals surface area contributed by atoms with Crippen molar-refractivity contribution in [2.75, 3.05) is 19.6 Å². The number of nitrogens with two attached hydrogens (primary N) is 1. The van der Waals surface area contributed by atoms with Gasteiger partial charge in [0.05, 0.1) is 6.54 Å². The van der Waals surface area contributed by atoms with Crippen molar-refractivity contribution in [3.8, 4) is 0 Å². The smallest absolute Gasteiger partial charge is 0.231 e. The normalized spacial score (nSPS) is 16.4. The van der Waals surface area contributed by atoms with Crippen molar-refractivity contribution in [2.45, 2.75) is 46.2 Å². The van der Waals surface area contributed by atoms with Gasteiger partial charge >= 0.3 is 0 Å². The van der Waals surface area contributed by atoms with E-state index in [1.807, 2.05) is 0 Å². The Morgan fingerprint density at radius 2 is 1.81 bits per heavy atom. The highest BCUT2D eigenvalue weighted by Gasteiger charge is 2.23. The van der Waals surface area contributed by atoms with Gasteiger partial charge in [0.1, 0.15) is 0 Å². The summed E-state index contributed by atoms with van der Waals surface area (Å²) in [5.74, 6) is -0.240. The third-order valence-electron chi connectivity index (χ3n) is 4.39. The summed E-state index contributed by atoms with van der Waals surface area (Å²) in [4.78, 5) is 13.7. The summed E-state index contributed by atoms with van der Waals surface area (Å²) >= 11 is 0. The average Bonchev–Trinajstić information content (AvgIpc) is 2.42. The van der Waals surface area contributed by atoms with Crippen molar-refractivity contribution in [2.24, 2.45) is 5.73 Å². The van der Waals surface area contributed by atoms with Crippen LogP contribution in [0.25, 0.3) is 0 Å². The maximum Gasteiger partial charge on any atom is 0.231 e. The van der Waals surface area contributed by atoms with Crippen LogP contribution in [-0.2, 0) is 11.3 Å². The number of aryl methyl sites for hydroxylation is 3. The van der Waals surface area contributed by atoms with E-state index in [0.717, 1.165) is 32.5 Å². The third-order valence-corrected chi connectivity index (χ3v) is 4.39. The molecule has 1 aromatic carbocycles. The first-order valence-corrected chi connectivity index (χ1v) is 7.77. The number of piperidine rings is 1. The van der Waals surface area contributed by atoms with E-state index in [2.05, 4.69) is 43.1 Å². The number of nitrogens with one attached hydrogen (secondary N) is 1. The standard InChI is InChI=1S/C17H27N3O/c1-12-8-13(2)16(14(3)9-12)10-20(11-17(18)21)15-4-6-19-7-5-15/h8-9,15,19H,4-7,10-11H2,1-3H3,(H2,18,21). The Hall–Kier alpha value is -1.39. The molecule has 0 aliphatic carbocycles. The van der Waals surface area contributed by atoms with Gasteiger partial charge in [-0.1, -0.05) is 17.7 Å². The molecule has 0 radical (unpaired) electrons. The molecule has 2 rings (SSSR count). The lowest BCUT2D eigenvalue weighted by atomic mass is 9.97. The van der Waals surface area contributed by atoms with Gasteiger partial charge in [0, 0.05) is 12.6 Å². The highest BCUT2D eigenvalue weighted by Crippen LogP contribution is 2.21. The summed E-state index contributed by atoms with van der Waals surface area (Å²) in [7, 11) is 0. The molecule has 1 aliphatic rings. The summed E-state index contributed by atoms with van der Waals surface area (Å²) in [6.45, 7) is 9.62. The minimum Gasteiger partial charge on any atom is -0.369 e. The number of hydrogen-bond donors (Lipinski definition) is 2. The minimum atomic E-state index is -0.240. The molecule has 0 bridgehead atoms. The fraction of sp³-hybridized carbons (Fsp3) is 0.588. The van der Waals surface area contributed by atoms with Gasteiger partial charge < -0.3 is 11.1 Å². The van der Waals surface area contributed by atoms with Gasteiger partial charge in [0.25, 0.3) is 0 Å². The van der Waals surface area contributed by atoms with E-state index in [1.54, 1.807) is 0 Å². The summed E-state index contributed by atoms with van der Waals surface area (Å²) in [5, 5.41) is 3.37. The average molecular weight is 289 g/mol. The highest BCUT2D eigenvalue weighted by atomic mass is 16.1. The minimum absolute atomic E-state index is 0.240. The van der Waals surface area contributed by atoms with E-state index in [9.17, 15) is 4.79 Å². The van der Waals surface area contributed by atoms with Crippen molar-refractivity contribution in [3.63, 3.8) is 0 Å². The number of nitrogens with zero attached hydrogens (tertiary/aromatic N) is 1. The van der Waals surface area contributed by atoms with Crippen LogP contribution in [0, 0.1) is 20.8 Å². The van der Waals surface area contributed by atoms with E-state index >= 15 is 0 Å². The molecule has 0 saturated carbocycles. The molecule has 0 aromatic heterocycles. The van der Waals surface area contributed by atoms with Gasteiger partial charge in [0.2, 0.25) is 5.91 Å². The first-order valence-electron chi connectivity index (χ1n) is 7.77. The van der Waals surface area contributed by atoms with Crippen LogP contribution >= 0.6 is 0 Å². The Labute approximate surface area is 127 Å². The van der Waals surface area contributed by atoms with Crippen molar-refractivity contribution >= 4 is 5.91 Å². The molecule has 1 heterocycles. The van der Waals surface area contributed by atoms with Crippen LogP contribution in [0.4, 0.5) is 0 Å². The fourth-order valence-corrected chi connectivity index (χ4v) is 3.35.